The fraction of sp³-hybridized carbons (Fsp3) is 0.385. The van der Waals surface area contributed by atoms with Gasteiger partial charge in [0.15, 0.2) is 12.7 Å². The third kappa shape index (κ3) is 5.27. The summed E-state index contributed by atoms with van der Waals surface area (Å²) in [4.78, 5) is 22.9. The summed E-state index contributed by atoms with van der Waals surface area (Å²) in [6, 6.07) is 4.64. The Morgan fingerprint density at radius 3 is 2.65 bits per heavy atom. The van der Waals surface area contributed by atoms with E-state index < -0.39 is 12.1 Å². The predicted octanol–water partition coefficient (Wildman–Crippen LogP) is 2.44. The number of ether oxygens (including phenoxy) is 2. The van der Waals surface area contributed by atoms with Crippen LogP contribution in [-0.2, 0) is 14.3 Å². The molecule has 0 aromatic heterocycles. The van der Waals surface area contributed by atoms with Crippen LogP contribution in [0.1, 0.15) is 13.8 Å². The van der Waals surface area contributed by atoms with E-state index in [0.29, 0.717) is 22.3 Å². The molecule has 0 radical (unpaired) electrons. The van der Waals surface area contributed by atoms with Gasteiger partial charge in [-0.2, -0.15) is 0 Å². The summed E-state index contributed by atoms with van der Waals surface area (Å²) < 4.78 is 10.1. The molecule has 0 aliphatic heterocycles. The van der Waals surface area contributed by atoms with Crippen molar-refractivity contribution >= 4 is 35.1 Å². The van der Waals surface area contributed by atoms with E-state index in [-0.39, 0.29) is 12.5 Å². The molecule has 0 spiro atoms. The smallest absolute Gasteiger partial charge is 0.344 e. The van der Waals surface area contributed by atoms with Gasteiger partial charge >= 0.3 is 5.97 Å². The van der Waals surface area contributed by atoms with Gasteiger partial charge in [-0.05, 0) is 32.0 Å². The van der Waals surface area contributed by atoms with Crippen molar-refractivity contribution < 1.29 is 19.1 Å². The van der Waals surface area contributed by atoms with Crippen molar-refractivity contribution in [3.63, 3.8) is 0 Å². The molecule has 0 fully saturated rings. The van der Waals surface area contributed by atoms with E-state index >= 15 is 0 Å². The SMILES string of the molecule is CCNC(=O)[C@@H](C)OC(=O)COc1ccc(Cl)cc1Cl. The van der Waals surface area contributed by atoms with Gasteiger partial charge < -0.3 is 14.8 Å². The number of carbonyl (C=O) groups excluding carboxylic acids is 2. The predicted molar refractivity (Wildman–Crippen MR) is 76.2 cm³/mol. The number of carbonyl (C=O) groups is 2. The number of rotatable bonds is 6. The summed E-state index contributed by atoms with van der Waals surface area (Å²) in [5.41, 5.74) is 0. The van der Waals surface area contributed by atoms with E-state index in [9.17, 15) is 9.59 Å². The molecule has 1 N–H and O–H groups in total. The van der Waals surface area contributed by atoms with E-state index in [2.05, 4.69) is 5.32 Å². The molecule has 0 heterocycles. The first-order chi connectivity index (χ1) is 9.43. The summed E-state index contributed by atoms with van der Waals surface area (Å²) in [7, 11) is 0. The molecule has 1 amide bonds. The highest BCUT2D eigenvalue weighted by Gasteiger charge is 2.17. The molecule has 0 aliphatic carbocycles. The fourth-order valence-corrected chi connectivity index (χ4v) is 1.79. The maximum absolute atomic E-state index is 11.5. The van der Waals surface area contributed by atoms with Gasteiger partial charge in [0.2, 0.25) is 0 Å². The molecule has 1 aromatic carbocycles. The first-order valence-electron chi connectivity index (χ1n) is 5.99. The van der Waals surface area contributed by atoms with Gasteiger partial charge in [-0.25, -0.2) is 4.79 Å². The van der Waals surface area contributed by atoms with Crippen molar-refractivity contribution in [3.05, 3.63) is 28.2 Å². The minimum absolute atomic E-state index is 0.294. The summed E-state index contributed by atoms with van der Waals surface area (Å²) in [5.74, 6) is -0.696. The molecule has 1 rings (SSSR count). The number of nitrogens with one attached hydrogen (secondary N) is 1. The average molecular weight is 320 g/mol. The van der Waals surface area contributed by atoms with Crippen molar-refractivity contribution in [2.75, 3.05) is 13.2 Å². The van der Waals surface area contributed by atoms with Crippen LogP contribution in [0.2, 0.25) is 10.0 Å². The Morgan fingerprint density at radius 1 is 1.35 bits per heavy atom. The number of esters is 1. The molecule has 1 atom stereocenters. The average Bonchev–Trinajstić information content (AvgIpc) is 2.37. The quantitative estimate of drug-likeness (QED) is 0.818. The van der Waals surface area contributed by atoms with Gasteiger partial charge in [0.25, 0.3) is 5.91 Å². The molecule has 5 nitrogen and oxygen atoms in total. The van der Waals surface area contributed by atoms with Crippen molar-refractivity contribution in [1.29, 1.82) is 0 Å². The molecule has 20 heavy (non-hydrogen) atoms. The summed E-state index contributed by atoms with van der Waals surface area (Å²) in [6.07, 6.45) is -0.869. The summed E-state index contributed by atoms with van der Waals surface area (Å²) in [5, 5.41) is 3.31. The van der Waals surface area contributed by atoms with E-state index in [1.54, 1.807) is 19.1 Å². The summed E-state index contributed by atoms with van der Waals surface area (Å²) >= 11 is 11.6. The molecule has 0 saturated carbocycles. The van der Waals surface area contributed by atoms with E-state index in [1.165, 1.54) is 13.0 Å². The van der Waals surface area contributed by atoms with E-state index in [0.717, 1.165) is 0 Å². The zero-order valence-corrected chi connectivity index (χ0v) is 12.6. The first kappa shape index (κ1) is 16.6. The highest BCUT2D eigenvalue weighted by Crippen LogP contribution is 2.27. The third-order valence-corrected chi connectivity index (χ3v) is 2.80. The highest BCUT2D eigenvalue weighted by molar-refractivity contribution is 6.35. The van der Waals surface area contributed by atoms with Crippen LogP contribution in [-0.4, -0.2) is 31.1 Å². The maximum atomic E-state index is 11.5. The van der Waals surface area contributed by atoms with Crippen LogP contribution in [0.5, 0.6) is 5.75 Å². The van der Waals surface area contributed by atoms with Crippen LogP contribution in [0.25, 0.3) is 0 Å². The second-order valence-electron chi connectivity index (χ2n) is 3.89. The minimum Gasteiger partial charge on any atom is -0.480 e. The molecule has 110 valence electrons. The van der Waals surface area contributed by atoms with Crippen LogP contribution in [0, 0.1) is 0 Å². The Morgan fingerprint density at radius 2 is 2.05 bits per heavy atom. The Hall–Kier alpha value is -1.46. The number of halogens is 2. The van der Waals surface area contributed by atoms with Gasteiger partial charge in [-0.3, -0.25) is 4.79 Å². The minimum atomic E-state index is -0.869. The molecule has 1 aromatic rings. The van der Waals surface area contributed by atoms with Crippen molar-refractivity contribution in [3.8, 4) is 5.75 Å². The van der Waals surface area contributed by atoms with Gasteiger partial charge in [0.1, 0.15) is 5.75 Å². The van der Waals surface area contributed by atoms with Gasteiger partial charge in [-0.15, -0.1) is 0 Å². The molecular weight excluding hydrogens is 305 g/mol. The molecule has 0 bridgehead atoms. The van der Waals surface area contributed by atoms with Crippen LogP contribution < -0.4 is 10.1 Å². The van der Waals surface area contributed by atoms with Crippen molar-refractivity contribution in [2.24, 2.45) is 0 Å². The normalized spacial score (nSPS) is 11.6. The zero-order valence-electron chi connectivity index (χ0n) is 11.1. The number of benzene rings is 1. The lowest BCUT2D eigenvalue weighted by Crippen LogP contribution is -2.36. The zero-order chi connectivity index (χ0) is 15.1. The number of amides is 1. The summed E-state index contributed by atoms with van der Waals surface area (Å²) in [6.45, 7) is 3.39. The monoisotopic (exact) mass is 319 g/mol. The van der Waals surface area contributed by atoms with Crippen molar-refractivity contribution in [1.82, 2.24) is 5.32 Å². The molecule has 7 heteroatoms. The van der Waals surface area contributed by atoms with Crippen LogP contribution in [0.4, 0.5) is 0 Å². The molecular formula is C13H15Cl2NO4. The Bertz CT molecular complexity index is 493. The Labute approximate surface area is 127 Å². The lowest BCUT2D eigenvalue weighted by molar-refractivity contribution is -0.156. The first-order valence-corrected chi connectivity index (χ1v) is 6.74. The number of hydrogen-bond donors (Lipinski definition) is 1. The molecule has 0 unspecified atom stereocenters. The standard InChI is InChI=1S/C13H15Cl2NO4/c1-3-16-13(18)8(2)20-12(17)7-19-11-5-4-9(14)6-10(11)15/h4-6,8H,3,7H2,1-2H3,(H,16,18)/t8-/m1/s1. The van der Waals surface area contributed by atoms with Gasteiger partial charge in [-0.1, -0.05) is 23.2 Å². The molecule has 0 aliphatic rings. The third-order valence-electron chi connectivity index (χ3n) is 2.27. The lowest BCUT2D eigenvalue weighted by atomic mass is 10.3. The van der Waals surface area contributed by atoms with Crippen LogP contribution in [0.3, 0.4) is 0 Å². The maximum Gasteiger partial charge on any atom is 0.344 e. The van der Waals surface area contributed by atoms with E-state index in [4.69, 9.17) is 32.7 Å². The second-order valence-corrected chi connectivity index (χ2v) is 4.73. The Balaban J connectivity index is 2.45. The van der Waals surface area contributed by atoms with E-state index in [1.807, 2.05) is 0 Å². The Kier molecular flexibility index (Phi) is 6.61. The van der Waals surface area contributed by atoms with Crippen LogP contribution >= 0.6 is 23.2 Å². The van der Waals surface area contributed by atoms with Crippen LogP contribution in [0.15, 0.2) is 18.2 Å². The number of likely N-dealkylation sites (N-methyl/N-ethyl adjacent to an activating group) is 1. The second kappa shape index (κ2) is 7.97. The highest BCUT2D eigenvalue weighted by atomic mass is 35.5. The lowest BCUT2D eigenvalue weighted by Gasteiger charge is -2.13. The topological polar surface area (TPSA) is 64.6 Å². The largest absolute Gasteiger partial charge is 0.480 e. The fourth-order valence-electron chi connectivity index (χ4n) is 1.33. The molecule has 0 saturated heterocycles. The van der Waals surface area contributed by atoms with Gasteiger partial charge in [0, 0.05) is 11.6 Å². The van der Waals surface area contributed by atoms with Gasteiger partial charge in [0.05, 0.1) is 5.02 Å². The number of hydrogen-bond acceptors (Lipinski definition) is 4. The van der Waals surface area contributed by atoms with Crippen molar-refractivity contribution in [2.45, 2.75) is 20.0 Å².